The second-order valence-electron chi connectivity index (χ2n) is 5.74. The van der Waals surface area contributed by atoms with Crippen molar-refractivity contribution in [2.45, 2.75) is 25.2 Å². The van der Waals surface area contributed by atoms with Crippen LogP contribution in [-0.4, -0.2) is 39.0 Å². The summed E-state index contributed by atoms with van der Waals surface area (Å²) in [5, 5.41) is 0. The van der Waals surface area contributed by atoms with Crippen LogP contribution in [0.3, 0.4) is 0 Å². The summed E-state index contributed by atoms with van der Waals surface area (Å²) in [6, 6.07) is 6.63. The molecule has 2 rings (SSSR count). The molecule has 1 aromatic rings. The largest absolute Gasteiger partial charge is 0.494 e. The lowest BCUT2D eigenvalue weighted by Crippen LogP contribution is -2.29. The molecule has 2 atom stereocenters. The zero-order valence-corrected chi connectivity index (χ0v) is 13.5. The highest BCUT2D eigenvalue weighted by molar-refractivity contribution is 7.89. The van der Waals surface area contributed by atoms with Gasteiger partial charge in [0.1, 0.15) is 5.75 Å². The van der Waals surface area contributed by atoms with Crippen LogP contribution in [0.25, 0.3) is 0 Å². The smallest absolute Gasteiger partial charge is 0.243 e. The van der Waals surface area contributed by atoms with Crippen LogP contribution in [0.2, 0.25) is 0 Å². The van der Waals surface area contributed by atoms with Gasteiger partial charge in [-0.25, -0.2) is 8.42 Å². The van der Waals surface area contributed by atoms with Crippen LogP contribution in [0.15, 0.2) is 29.2 Å². The van der Waals surface area contributed by atoms with Crippen LogP contribution in [0.4, 0.5) is 0 Å². The van der Waals surface area contributed by atoms with Gasteiger partial charge in [0.15, 0.2) is 0 Å². The van der Waals surface area contributed by atoms with E-state index < -0.39 is 10.0 Å². The van der Waals surface area contributed by atoms with Crippen LogP contribution in [0.5, 0.6) is 5.75 Å². The lowest BCUT2D eigenvalue weighted by atomic mass is 10.0. The minimum atomic E-state index is -3.39. The Morgan fingerprint density at radius 3 is 2.29 bits per heavy atom. The van der Waals surface area contributed by atoms with Crippen molar-refractivity contribution in [3.63, 3.8) is 0 Å². The van der Waals surface area contributed by atoms with E-state index in [1.54, 1.807) is 28.6 Å². The molecule has 1 fully saturated rings. The first-order chi connectivity index (χ1) is 9.95. The van der Waals surface area contributed by atoms with Crippen LogP contribution in [-0.2, 0) is 10.0 Å². The van der Waals surface area contributed by atoms with E-state index in [4.69, 9.17) is 10.5 Å². The number of nitrogens with zero attached hydrogens (tertiary/aromatic N) is 1. The molecule has 6 heteroatoms. The Labute approximate surface area is 127 Å². The lowest BCUT2D eigenvalue weighted by molar-refractivity contribution is 0.313. The summed E-state index contributed by atoms with van der Waals surface area (Å²) in [5.74, 6) is 1.47. The van der Waals surface area contributed by atoms with Crippen molar-refractivity contribution in [1.29, 1.82) is 0 Å². The maximum Gasteiger partial charge on any atom is 0.243 e. The Bertz CT molecular complexity index is 547. The molecule has 5 nitrogen and oxygen atoms in total. The van der Waals surface area contributed by atoms with Crippen molar-refractivity contribution in [2.75, 3.05) is 26.2 Å². The van der Waals surface area contributed by atoms with Gasteiger partial charge in [0.2, 0.25) is 10.0 Å². The van der Waals surface area contributed by atoms with Crippen LogP contribution in [0.1, 0.15) is 20.3 Å². The predicted octanol–water partition coefficient (Wildman–Crippen LogP) is 1.69. The summed E-state index contributed by atoms with van der Waals surface area (Å²) in [6.45, 7) is 6.50. The summed E-state index contributed by atoms with van der Waals surface area (Å²) < 4.78 is 32.2. The first kappa shape index (κ1) is 16.3. The molecule has 1 saturated heterocycles. The highest BCUT2D eigenvalue weighted by atomic mass is 32.2. The van der Waals surface area contributed by atoms with E-state index in [1.807, 2.05) is 0 Å². The van der Waals surface area contributed by atoms with Crippen LogP contribution < -0.4 is 10.5 Å². The summed E-state index contributed by atoms with van der Waals surface area (Å²) >= 11 is 0. The standard InChI is InChI=1S/C15H24N2O3S/c1-12-10-17(11-13(12)2)21(18,19)15-6-4-14(5-7-15)20-9-3-8-16/h4-7,12-13H,3,8-11,16H2,1-2H3. The maximum absolute atomic E-state index is 12.6. The number of sulfonamides is 1. The number of hydrogen-bond acceptors (Lipinski definition) is 4. The quantitative estimate of drug-likeness (QED) is 0.811. The van der Waals surface area contributed by atoms with Gasteiger partial charge in [0.05, 0.1) is 11.5 Å². The normalized spacial score (nSPS) is 23.4. The maximum atomic E-state index is 12.6. The molecule has 1 aromatic carbocycles. The fourth-order valence-electron chi connectivity index (χ4n) is 2.40. The molecule has 118 valence electrons. The summed E-state index contributed by atoms with van der Waals surface area (Å²) in [7, 11) is -3.39. The number of nitrogens with two attached hydrogens (primary N) is 1. The highest BCUT2D eigenvalue weighted by Gasteiger charge is 2.34. The van der Waals surface area contributed by atoms with Gasteiger partial charge < -0.3 is 10.5 Å². The Balaban J connectivity index is 2.07. The molecule has 0 spiro atoms. The molecule has 0 aromatic heterocycles. The second-order valence-corrected chi connectivity index (χ2v) is 7.68. The third kappa shape index (κ3) is 3.75. The molecule has 2 unspecified atom stereocenters. The van der Waals surface area contributed by atoms with E-state index in [0.29, 0.717) is 48.7 Å². The third-order valence-corrected chi connectivity index (χ3v) is 5.88. The SMILES string of the molecule is CC1CN(S(=O)(=O)c2ccc(OCCCN)cc2)CC1C. The molecule has 0 aliphatic carbocycles. The molecule has 21 heavy (non-hydrogen) atoms. The Kier molecular flexibility index (Phi) is 5.24. The summed E-state index contributed by atoms with van der Waals surface area (Å²) in [6.07, 6.45) is 0.781. The van der Waals surface area contributed by atoms with Crippen LogP contribution >= 0.6 is 0 Å². The number of hydrogen-bond donors (Lipinski definition) is 1. The average Bonchev–Trinajstić information content (AvgIpc) is 2.80. The van der Waals surface area contributed by atoms with Gasteiger partial charge in [-0.05, 0) is 49.1 Å². The van der Waals surface area contributed by atoms with Crippen molar-refractivity contribution in [1.82, 2.24) is 4.31 Å². The fraction of sp³-hybridized carbons (Fsp3) is 0.600. The Morgan fingerprint density at radius 1 is 1.19 bits per heavy atom. The van der Waals surface area contributed by atoms with E-state index >= 15 is 0 Å². The van der Waals surface area contributed by atoms with Crippen molar-refractivity contribution < 1.29 is 13.2 Å². The number of ether oxygens (including phenoxy) is 1. The van der Waals surface area contributed by atoms with E-state index in [1.165, 1.54) is 0 Å². The average molecular weight is 312 g/mol. The van der Waals surface area contributed by atoms with E-state index in [2.05, 4.69) is 13.8 Å². The molecule has 2 N–H and O–H groups in total. The van der Waals surface area contributed by atoms with Gasteiger partial charge in [-0.3, -0.25) is 0 Å². The molecule has 1 aliphatic heterocycles. The first-order valence-corrected chi connectivity index (χ1v) is 8.82. The summed E-state index contributed by atoms with van der Waals surface area (Å²) in [5.41, 5.74) is 5.40. The minimum absolute atomic E-state index is 0.329. The minimum Gasteiger partial charge on any atom is -0.494 e. The van der Waals surface area contributed by atoms with Crippen molar-refractivity contribution >= 4 is 10.0 Å². The zero-order chi connectivity index (χ0) is 15.5. The second kappa shape index (κ2) is 6.77. The van der Waals surface area contributed by atoms with Gasteiger partial charge in [-0.2, -0.15) is 4.31 Å². The molecule has 0 bridgehead atoms. The van der Waals surface area contributed by atoms with Gasteiger partial charge in [0, 0.05) is 13.1 Å². The third-order valence-electron chi connectivity index (χ3n) is 4.03. The van der Waals surface area contributed by atoms with Crippen LogP contribution in [0, 0.1) is 11.8 Å². The fourth-order valence-corrected chi connectivity index (χ4v) is 4.04. The molecular weight excluding hydrogens is 288 g/mol. The van der Waals surface area contributed by atoms with E-state index in [-0.39, 0.29) is 0 Å². The first-order valence-electron chi connectivity index (χ1n) is 7.38. The molecule has 0 amide bonds. The molecule has 0 saturated carbocycles. The predicted molar refractivity (Wildman–Crippen MR) is 82.7 cm³/mol. The molecule has 1 aliphatic rings. The van der Waals surface area contributed by atoms with E-state index in [0.717, 1.165) is 6.42 Å². The molecule has 1 heterocycles. The van der Waals surface area contributed by atoms with Gasteiger partial charge in [0.25, 0.3) is 0 Å². The Morgan fingerprint density at radius 2 is 1.76 bits per heavy atom. The van der Waals surface area contributed by atoms with Gasteiger partial charge in [-0.15, -0.1) is 0 Å². The van der Waals surface area contributed by atoms with Gasteiger partial charge in [-0.1, -0.05) is 13.8 Å². The zero-order valence-electron chi connectivity index (χ0n) is 12.7. The molecular formula is C15H24N2O3S. The highest BCUT2D eigenvalue weighted by Crippen LogP contribution is 2.28. The topological polar surface area (TPSA) is 72.6 Å². The van der Waals surface area contributed by atoms with Crippen molar-refractivity contribution in [3.8, 4) is 5.75 Å². The lowest BCUT2D eigenvalue weighted by Gasteiger charge is -2.16. The number of rotatable bonds is 6. The van der Waals surface area contributed by atoms with Gasteiger partial charge >= 0.3 is 0 Å². The molecule has 0 radical (unpaired) electrons. The van der Waals surface area contributed by atoms with E-state index in [9.17, 15) is 8.42 Å². The van der Waals surface area contributed by atoms with Crippen molar-refractivity contribution in [2.24, 2.45) is 17.6 Å². The Hall–Kier alpha value is -1.11. The monoisotopic (exact) mass is 312 g/mol. The number of benzene rings is 1. The summed E-state index contributed by atoms with van der Waals surface area (Å²) in [4.78, 5) is 0.329. The van der Waals surface area contributed by atoms with Crippen molar-refractivity contribution in [3.05, 3.63) is 24.3 Å².